The van der Waals surface area contributed by atoms with Crippen LogP contribution in [0.5, 0.6) is 0 Å². The number of rotatable bonds is 4. The molecule has 0 unspecified atom stereocenters. The molecule has 0 spiro atoms. The molecule has 0 radical (unpaired) electrons. The fourth-order valence-corrected chi connectivity index (χ4v) is 3.11. The molecule has 0 aliphatic carbocycles. The zero-order valence-electron chi connectivity index (χ0n) is 15.1. The second-order valence-electron chi connectivity index (χ2n) is 6.09. The van der Waals surface area contributed by atoms with E-state index in [1.807, 2.05) is 36.6 Å². The van der Waals surface area contributed by atoms with E-state index in [0.717, 1.165) is 27.5 Å². The van der Waals surface area contributed by atoms with Crippen LogP contribution in [0.4, 0.5) is 4.79 Å². The molecule has 140 valence electrons. The number of esters is 1. The van der Waals surface area contributed by atoms with Gasteiger partial charge in [-0.15, -0.1) is 0 Å². The van der Waals surface area contributed by atoms with Gasteiger partial charge in [0.25, 0.3) is 5.91 Å². The largest absolute Gasteiger partial charge is 0.468 e. The van der Waals surface area contributed by atoms with E-state index in [2.05, 4.69) is 10.1 Å². The minimum Gasteiger partial charge on any atom is -0.468 e. The molecule has 1 aromatic carbocycles. The first-order chi connectivity index (χ1) is 12.8. The minimum absolute atomic E-state index is 0.111. The smallest absolute Gasteiger partial charge is 0.329 e. The molecule has 27 heavy (non-hydrogen) atoms. The summed E-state index contributed by atoms with van der Waals surface area (Å²) in [5, 5.41) is 3.15. The van der Waals surface area contributed by atoms with Gasteiger partial charge in [0, 0.05) is 22.1 Å². The summed E-state index contributed by atoms with van der Waals surface area (Å²) in [6, 6.07) is 8.68. The Morgan fingerprint density at radius 3 is 2.52 bits per heavy atom. The first-order valence-corrected chi connectivity index (χ1v) is 8.56. The van der Waals surface area contributed by atoms with Gasteiger partial charge in [-0.25, -0.2) is 9.69 Å². The summed E-state index contributed by atoms with van der Waals surface area (Å²) in [7, 11) is 1.20. The number of aryl methyl sites for hydroxylation is 1. The number of hydrogen-bond acceptors (Lipinski definition) is 4. The van der Waals surface area contributed by atoms with Gasteiger partial charge < -0.3 is 14.6 Å². The number of carbonyl (C=O) groups excluding carboxylic acids is 3. The molecule has 1 fully saturated rings. The zero-order valence-corrected chi connectivity index (χ0v) is 15.8. The number of halogens is 1. The van der Waals surface area contributed by atoms with E-state index in [1.54, 1.807) is 18.2 Å². The van der Waals surface area contributed by atoms with Crippen molar-refractivity contribution in [2.45, 2.75) is 13.8 Å². The molecular weight excluding hydrogens is 370 g/mol. The molecule has 7 nitrogen and oxygen atoms in total. The van der Waals surface area contributed by atoms with Gasteiger partial charge in [-0.05, 0) is 55.8 Å². The van der Waals surface area contributed by atoms with Gasteiger partial charge >= 0.3 is 12.0 Å². The van der Waals surface area contributed by atoms with Crippen molar-refractivity contribution in [2.75, 3.05) is 13.7 Å². The van der Waals surface area contributed by atoms with Gasteiger partial charge in [-0.2, -0.15) is 0 Å². The molecule has 1 saturated heterocycles. The second kappa shape index (κ2) is 7.28. The lowest BCUT2D eigenvalue weighted by Crippen LogP contribution is -2.36. The summed E-state index contributed by atoms with van der Waals surface area (Å²) >= 11 is 5.95. The molecule has 1 N–H and O–H groups in total. The highest BCUT2D eigenvalue weighted by Crippen LogP contribution is 2.24. The number of urea groups is 1. The Morgan fingerprint density at radius 1 is 1.22 bits per heavy atom. The normalized spacial score (nSPS) is 15.4. The van der Waals surface area contributed by atoms with Crippen LogP contribution in [0.2, 0.25) is 5.02 Å². The predicted octanol–water partition coefficient (Wildman–Crippen LogP) is 2.81. The maximum atomic E-state index is 12.4. The third-order valence-corrected chi connectivity index (χ3v) is 4.58. The summed E-state index contributed by atoms with van der Waals surface area (Å²) in [6.45, 7) is 3.44. The maximum Gasteiger partial charge on any atom is 0.329 e. The molecule has 0 saturated carbocycles. The van der Waals surface area contributed by atoms with Crippen molar-refractivity contribution >= 4 is 35.6 Å². The lowest BCUT2D eigenvalue weighted by atomic mass is 10.2. The molecule has 1 aliphatic rings. The van der Waals surface area contributed by atoms with Gasteiger partial charge in [0.05, 0.1) is 7.11 Å². The molecule has 1 aliphatic heterocycles. The number of nitrogens with one attached hydrogen (secondary N) is 1. The van der Waals surface area contributed by atoms with Crippen LogP contribution in [0, 0.1) is 13.8 Å². The van der Waals surface area contributed by atoms with Gasteiger partial charge in [-0.3, -0.25) is 9.59 Å². The monoisotopic (exact) mass is 387 g/mol. The van der Waals surface area contributed by atoms with Crippen LogP contribution in [0.15, 0.2) is 36.0 Å². The van der Waals surface area contributed by atoms with E-state index in [4.69, 9.17) is 11.6 Å². The highest BCUT2D eigenvalue weighted by Gasteiger charge is 2.35. The topological polar surface area (TPSA) is 80.6 Å². The molecule has 2 heterocycles. The standard InChI is InChI=1S/C19H18ClN3O4/c1-11-8-13(12(2)23(11)15-6-4-14(20)5-7-15)9-16-18(25)22(19(26)21-16)10-17(24)27-3/h4-9H,10H2,1-3H3,(H,21,26)/b16-9-. The Morgan fingerprint density at radius 2 is 1.89 bits per heavy atom. The molecule has 0 atom stereocenters. The Hall–Kier alpha value is -3.06. The SMILES string of the molecule is COC(=O)CN1C(=O)N/C(=C\c2cc(C)n(-c3ccc(Cl)cc3)c2C)C1=O. The summed E-state index contributed by atoms with van der Waals surface area (Å²) in [6.07, 6.45) is 1.60. The Labute approximate surface area is 161 Å². The molecule has 8 heteroatoms. The number of aromatic nitrogens is 1. The molecule has 1 aromatic heterocycles. The summed E-state index contributed by atoms with van der Waals surface area (Å²) in [5.41, 5.74) is 3.69. The summed E-state index contributed by atoms with van der Waals surface area (Å²) < 4.78 is 6.54. The van der Waals surface area contributed by atoms with Gasteiger partial charge in [-0.1, -0.05) is 11.6 Å². The highest BCUT2D eigenvalue weighted by atomic mass is 35.5. The molecule has 3 rings (SSSR count). The van der Waals surface area contributed by atoms with Crippen LogP contribution in [0.1, 0.15) is 17.0 Å². The first kappa shape index (κ1) is 18.7. The maximum absolute atomic E-state index is 12.4. The van der Waals surface area contributed by atoms with Crippen molar-refractivity contribution in [1.82, 2.24) is 14.8 Å². The number of nitrogens with zero attached hydrogens (tertiary/aromatic N) is 2. The first-order valence-electron chi connectivity index (χ1n) is 8.18. The number of benzene rings is 1. The quantitative estimate of drug-likeness (QED) is 0.497. The minimum atomic E-state index is -0.666. The van der Waals surface area contributed by atoms with Crippen molar-refractivity contribution in [3.63, 3.8) is 0 Å². The van der Waals surface area contributed by atoms with Crippen LogP contribution in [-0.4, -0.2) is 41.0 Å². The van der Waals surface area contributed by atoms with E-state index >= 15 is 0 Å². The van der Waals surface area contributed by atoms with Gasteiger partial charge in [0.1, 0.15) is 12.2 Å². The number of carbonyl (C=O) groups is 3. The Kier molecular flexibility index (Phi) is 5.05. The van der Waals surface area contributed by atoms with Crippen molar-refractivity contribution in [3.8, 4) is 5.69 Å². The number of methoxy groups -OCH3 is 1. The molecule has 2 aromatic rings. The van der Waals surface area contributed by atoms with Gasteiger partial charge in [0.15, 0.2) is 0 Å². The molecule has 0 bridgehead atoms. The Balaban J connectivity index is 1.93. The zero-order chi connectivity index (χ0) is 19.7. The summed E-state index contributed by atoms with van der Waals surface area (Å²) in [5.74, 6) is -1.23. The predicted molar refractivity (Wildman–Crippen MR) is 100 cm³/mol. The van der Waals surface area contributed by atoms with E-state index in [0.29, 0.717) is 5.02 Å². The van der Waals surface area contributed by atoms with E-state index in [1.165, 1.54) is 7.11 Å². The van der Waals surface area contributed by atoms with Crippen molar-refractivity contribution < 1.29 is 19.1 Å². The lowest BCUT2D eigenvalue weighted by molar-refractivity contribution is -0.143. The van der Waals surface area contributed by atoms with E-state index in [-0.39, 0.29) is 5.70 Å². The van der Waals surface area contributed by atoms with Gasteiger partial charge in [0.2, 0.25) is 0 Å². The van der Waals surface area contributed by atoms with E-state index in [9.17, 15) is 14.4 Å². The molecular formula is C19H18ClN3O4. The fraction of sp³-hybridized carbons (Fsp3) is 0.211. The van der Waals surface area contributed by atoms with Crippen molar-refractivity contribution in [1.29, 1.82) is 0 Å². The third kappa shape index (κ3) is 3.59. The van der Waals surface area contributed by atoms with Crippen LogP contribution in [-0.2, 0) is 14.3 Å². The van der Waals surface area contributed by atoms with Crippen LogP contribution in [0.25, 0.3) is 11.8 Å². The average molecular weight is 388 g/mol. The second-order valence-corrected chi connectivity index (χ2v) is 6.53. The number of hydrogen-bond donors (Lipinski definition) is 1. The highest BCUT2D eigenvalue weighted by molar-refractivity contribution is 6.30. The fourth-order valence-electron chi connectivity index (χ4n) is 2.99. The number of imide groups is 1. The molecule has 3 amide bonds. The van der Waals surface area contributed by atoms with Crippen LogP contribution < -0.4 is 5.32 Å². The summed E-state index contributed by atoms with van der Waals surface area (Å²) in [4.78, 5) is 36.6. The van der Waals surface area contributed by atoms with Crippen molar-refractivity contribution in [2.24, 2.45) is 0 Å². The number of amides is 3. The van der Waals surface area contributed by atoms with Crippen LogP contribution >= 0.6 is 11.6 Å². The number of ether oxygens (including phenoxy) is 1. The van der Waals surface area contributed by atoms with Crippen molar-refractivity contribution in [3.05, 3.63) is 58.0 Å². The Bertz CT molecular complexity index is 960. The van der Waals surface area contributed by atoms with E-state index < -0.39 is 24.5 Å². The lowest BCUT2D eigenvalue weighted by Gasteiger charge is -2.10. The average Bonchev–Trinajstić information content (AvgIpc) is 3.06. The van der Waals surface area contributed by atoms with Crippen LogP contribution in [0.3, 0.4) is 0 Å². The third-order valence-electron chi connectivity index (χ3n) is 4.33.